The first-order valence-corrected chi connectivity index (χ1v) is 7.91. The first-order valence-electron chi connectivity index (χ1n) is 7.91. The highest BCUT2D eigenvalue weighted by molar-refractivity contribution is 5.92. The molecule has 116 valence electrons. The van der Waals surface area contributed by atoms with Crippen LogP contribution < -0.4 is 10.2 Å². The Bertz CT molecular complexity index is 565. The SMILES string of the molecule is CCC(CC)NC(=O)N(Cc1ccccc1)c1ccccc1. The maximum Gasteiger partial charge on any atom is 0.322 e. The minimum Gasteiger partial charge on any atom is -0.335 e. The van der Waals surface area contributed by atoms with Gasteiger partial charge < -0.3 is 5.32 Å². The Kier molecular flexibility index (Phi) is 6.01. The fraction of sp³-hybridized carbons (Fsp3) is 0.316. The van der Waals surface area contributed by atoms with Crippen LogP contribution in [0.4, 0.5) is 10.5 Å². The minimum absolute atomic E-state index is 0.0382. The summed E-state index contributed by atoms with van der Waals surface area (Å²) in [5.41, 5.74) is 2.03. The molecule has 22 heavy (non-hydrogen) atoms. The Labute approximate surface area is 133 Å². The molecule has 3 nitrogen and oxygen atoms in total. The zero-order chi connectivity index (χ0) is 15.8. The summed E-state index contributed by atoms with van der Waals surface area (Å²) >= 11 is 0. The number of rotatable bonds is 6. The number of carbonyl (C=O) groups excluding carboxylic acids is 1. The molecule has 0 radical (unpaired) electrons. The summed E-state index contributed by atoms with van der Waals surface area (Å²) in [5, 5.41) is 3.12. The van der Waals surface area contributed by atoms with Crippen molar-refractivity contribution in [3.63, 3.8) is 0 Å². The summed E-state index contributed by atoms with van der Waals surface area (Å²) in [6.45, 7) is 4.76. The van der Waals surface area contributed by atoms with E-state index in [9.17, 15) is 4.79 Å². The number of nitrogens with zero attached hydrogens (tertiary/aromatic N) is 1. The fourth-order valence-corrected chi connectivity index (χ4v) is 2.40. The average Bonchev–Trinajstić information content (AvgIpc) is 2.59. The molecule has 0 spiro atoms. The zero-order valence-corrected chi connectivity index (χ0v) is 13.3. The van der Waals surface area contributed by atoms with Gasteiger partial charge in [-0.15, -0.1) is 0 Å². The van der Waals surface area contributed by atoms with Gasteiger partial charge in [-0.1, -0.05) is 62.4 Å². The van der Waals surface area contributed by atoms with Crippen molar-refractivity contribution in [3.05, 3.63) is 66.2 Å². The van der Waals surface area contributed by atoms with Crippen LogP contribution in [-0.4, -0.2) is 12.1 Å². The van der Waals surface area contributed by atoms with E-state index in [0.717, 1.165) is 24.1 Å². The lowest BCUT2D eigenvalue weighted by atomic mass is 10.1. The van der Waals surface area contributed by atoms with Gasteiger partial charge in [0.25, 0.3) is 0 Å². The van der Waals surface area contributed by atoms with E-state index < -0.39 is 0 Å². The standard InChI is InChI=1S/C19H24N2O/c1-3-17(4-2)20-19(22)21(18-13-9-6-10-14-18)15-16-11-7-5-8-12-16/h5-14,17H,3-4,15H2,1-2H3,(H,20,22). The summed E-state index contributed by atoms with van der Waals surface area (Å²) in [4.78, 5) is 14.5. The number of urea groups is 1. The van der Waals surface area contributed by atoms with E-state index in [0.29, 0.717) is 6.54 Å². The van der Waals surface area contributed by atoms with E-state index in [2.05, 4.69) is 19.2 Å². The number of hydrogen-bond acceptors (Lipinski definition) is 1. The highest BCUT2D eigenvalue weighted by Crippen LogP contribution is 2.17. The molecule has 3 heteroatoms. The third kappa shape index (κ3) is 4.35. The number of nitrogens with one attached hydrogen (secondary N) is 1. The lowest BCUT2D eigenvalue weighted by Crippen LogP contribution is -2.44. The van der Waals surface area contributed by atoms with Crippen LogP contribution in [0.1, 0.15) is 32.3 Å². The van der Waals surface area contributed by atoms with Gasteiger partial charge >= 0.3 is 6.03 Å². The van der Waals surface area contributed by atoms with Crippen LogP contribution in [-0.2, 0) is 6.54 Å². The van der Waals surface area contributed by atoms with Crippen LogP contribution >= 0.6 is 0 Å². The number of benzene rings is 2. The molecule has 0 aliphatic carbocycles. The quantitative estimate of drug-likeness (QED) is 0.830. The maximum atomic E-state index is 12.7. The minimum atomic E-state index is -0.0382. The third-order valence-corrected chi connectivity index (χ3v) is 3.81. The molecule has 0 bridgehead atoms. The lowest BCUT2D eigenvalue weighted by Gasteiger charge is -2.26. The normalized spacial score (nSPS) is 10.5. The van der Waals surface area contributed by atoms with Gasteiger partial charge in [-0.25, -0.2) is 4.79 Å². The van der Waals surface area contributed by atoms with Crippen molar-refractivity contribution >= 4 is 11.7 Å². The molecule has 0 aliphatic heterocycles. The smallest absolute Gasteiger partial charge is 0.322 e. The van der Waals surface area contributed by atoms with Crippen LogP contribution in [0.25, 0.3) is 0 Å². The molecule has 2 aromatic carbocycles. The largest absolute Gasteiger partial charge is 0.335 e. The van der Waals surface area contributed by atoms with Gasteiger partial charge in [-0.3, -0.25) is 4.90 Å². The van der Waals surface area contributed by atoms with Gasteiger partial charge in [0.1, 0.15) is 0 Å². The van der Waals surface area contributed by atoms with Crippen molar-refractivity contribution in [2.24, 2.45) is 0 Å². The molecule has 2 amide bonds. The summed E-state index contributed by atoms with van der Waals surface area (Å²) in [6.07, 6.45) is 1.88. The van der Waals surface area contributed by atoms with Crippen molar-refractivity contribution < 1.29 is 4.79 Å². The number of carbonyl (C=O) groups is 1. The molecule has 0 atom stereocenters. The highest BCUT2D eigenvalue weighted by atomic mass is 16.2. The Hall–Kier alpha value is -2.29. The Morgan fingerprint density at radius 2 is 1.50 bits per heavy atom. The predicted molar refractivity (Wildman–Crippen MR) is 92.0 cm³/mol. The summed E-state index contributed by atoms with van der Waals surface area (Å²) in [7, 11) is 0. The number of hydrogen-bond donors (Lipinski definition) is 1. The molecule has 1 N–H and O–H groups in total. The molecular formula is C19H24N2O. The molecule has 0 fully saturated rings. The third-order valence-electron chi connectivity index (χ3n) is 3.81. The Morgan fingerprint density at radius 1 is 0.955 bits per heavy atom. The summed E-state index contributed by atoms with van der Waals surface area (Å²) in [5.74, 6) is 0. The van der Waals surface area contributed by atoms with E-state index in [-0.39, 0.29) is 12.1 Å². The van der Waals surface area contributed by atoms with Gasteiger partial charge in [0.05, 0.1) is 6.54 Å². The maximum absolute atomic E-state index is 12.7. The van der Waals surface area contributed by atoms with Crippen LogP contribution in [0, 0.1) is 0 Å². The Balaban J connectivity index is 2.20. The van der Waals surface area contributed by atoms with Crippen molar-refractivity contribution in [1.29, 1.82) is 0 Å². The monoisotopic (exact) mass is 296 g/mol. The molecule has 2 aromatic rings. The molecule has 0 aliphatic rings. The van der Waals surface area contributed by atoms with E-state index in [4.69, 9.17) is 0 Å². The lowest BCUT2D eigenvalue weighted by molar-refractivity contribution is 0.241. The van der Waals surface area contributed by atoms with Gasteiger partial charge in [0, 0.05) is 11.7 Å². The van der Waals surface area contributed by atoms with E-state index in [1.165, 1.54) is 0 Å². The molecule has 2 rings (SSSR count). The molecule has 0 heterocycles. The molecular weight excluding hydrogens is 272 g/mol. The first-order chi connectivity index (χ1) is 10.7. The van der Waals surface area contributed by atoms with Crippen LogP contribution in [0.3, 0.4) is 0 Å². The number of para-hydroxylation sites is 1. The van der Waals surface area contributed by atoms with Crippen molar-refractivity contribution in [2.75, 3.05) is 4.90 Å². The van der Waals surface area contributed by atoms with Crippen molar-refractivity contribution in [1.82, 2.24) is 5.32 Å². The zero-order valence-electron chi connectivity index (χ0n) is 13.3. The second kappa shape index (κ2) is 8.23. The molecule has 0 unspecified atom stereocenters. The fourth-order valence-electron chi connectivity index (χ4n) is 2.40. The summed E-state index contributed by atoms with van der Waals surface area (Å²) < 4.78 is 0. The van der Waals surface area contributed by atoms with Crippen LogP contribution in [0.15, 0.2) is 60.7 Å². The van der Waals surface area contributed by atoms with Crippen molar-refractivity contribution in [3.8, 4) is 0 Å². The highest BCUT2D eigenvalue weighted by Gasteiger charge is 2.18. The van der Waals surface area contributed by atoms with Crippen LogP contribution in [0.5, 0.6) is 0 Å². The average molecular weight is 296 g/mol. The second-order valence-electron chi connectivity index (χ2n) is 5.37. The number of anilines is 1. The van der Waals surface area contributed by atoms with Gasteiger partial charge in [-0.2, -0.15) is 0 Å². The first kappa shape index (κ1) is 16.1. The van der Waals surface area contributed by atoms with Crippen molar-refractivity contribution in [2.45, 2.75) is 39.3 Å². The van der Waals surface area contributed by atoms with Gasteiger partial charge in [0.2, 0.25) is 0 Å². The summed E-state index contributed by atoms with van der Waals surface area (Å²) in [6, 6.07) is 20.1. The molecule has 0 saturated carbocycles. The predicted octanol–water partition coefficient (Wildman–Crippen LogP) is 4.59. The second-order valence-corrected chi connectivity index (χ2v) is 5.37. The Morgan fingerprint density at radius 3 is 2.05 bits per heavy atom. The van der Waals surface area contributed by atoms with Gasteiger partial charge in [0.15, 0.2) is 0 Å². The van der Waals surface area contributed by atoms with Crippen LogP contribution in [0.2, 0.25) is 0 Å². The van der Waals surface area contributed by atoms with E-state index in [1.54, 1.807) is 4.90 Å². The molecule has 0 saturated heterocycles. The van der Waals surface area contributed by atoms with Gasteiger partial charge in [-0.05, 0) is 30.5 Å². The van der Waals surface area contributed by atoms with E-state index in [1.807, 2.05) is 60.7 Å². The number of amides is 2. The molecule has 0 aromatic heterocycles. The van der Waals surface area contributed by atoms with E-state index >= 15 is 0 Å². The topological polar surface area (TPSA) is 32.3 Å².